The van der Waals surface area contributed by atoms with E-state index in [2.05, 4.69) is 31.0 Å². The van der Waals surface area contributed by atoms with E-state index in [1.165, 1.54) is 11.5 Å². The van der Waals surface area contributed by atoms with Gasteiger partial charge in [-0.3, -0.25) is 0 Å². The second-order valence-corrected chi connectivity index (χ2v) is 5.89. The Morgan fingerprint density at radius 2 is 2.00 bits per heavy atom. The predicted molar refractivity (Wildman–Crippen MR) is 57.1 cm³/mol. The summed E-state index contributed by atoms with van der Waals surface area (Å²) in [7, 11) is 0. The van der Waals surface area contributed by atoms with E-state index in [9.17, 15) is 0 Å². The van der Waals surface area contributed by atoms with Crippen LogP contribution in [-0.2, 0) is 0 Å². The Kier molecular flexibility index (Phi) is 2.87. The first-order valence-corrected chi connectivity index (χ1v) is 6.44. The summed E-state index contributed by atoms with van der Waals surface area (Å²) in [5, 5.41) is 9.05. The fourth-order valence-corrected chi connectivity index (χ4v) is 3.12. The van der Waals surface area contributed by atoms with Gasteiger partial charge in [-0.15, -0.1) is 10.2 Å². The number of anilines is 1. The van der Waals surface area contributed by atoms with Crippen molar-refractivity contribution in [3.05, 3.63) is 3.92 Å². The Morgan fingerprint density at radius 3 is 2.58 bits per heavy atom. The molecule has 66 valence electrons. The van der Waals surface area contributed by atoms with E-state index in [0.29, 0.717) is 0 Å². The van der Waals surface area contributed by atoms with Gasteiger partial charge in [-0.25, -0.2) is 0 Å². The van der Waals surface area contributed by atoms with Gasteiger partial charge in [-0.2, -0.15) is 11.8 Å². The lowest BCUT2D eigenvalue weighted by molar-refractivity contribution is 0.838. The number of hydrogen-bond acceptors (Lipinski definition) is 5. The molecule has 0 radical (unpaired) electrons. The van der Waals surface area contributed by atoms with Gasteiger partial charge in [0, 0.05) is 24.6 Å². The molecular formula is C6H8BrN3S2. The van der Waals surface area contributed by atoms with E-state index in [-0.39, 0.29) is 0 Å². The van der Waals surface area contributed by atoms with Crippen molar-refractivity contribution in [2.24, 2.45) is 0 Å². The Hall–Kier alpha value is 0.190. The van der Waals surface area contributed by atoms with Gasteiger partial charge in [0.05, 0.1) is 0 Å². The molecule has 2 heterocycles. The molecule has 1 aliphatic rings. The van der Waals surface area contributed by atoms with Gasteiger partial charge >= 0.3 is 0 Å². The molecule has 12 heavy (non-hydrogen) atoms. The smallest absolute Gasteiger partial charge is 0.209 e. The molecule has 1 fully saturated rings. The first kappa shape index (κ1) is 8.77. The van der Waals surface area contributed by atoms with E-state index >= 15 is 0 Å². The van der Waals surface area contributed by atoms with Crippen LogP contribution in [0.25, 0.3) is 0 Å². The average molecular weight is 266 g/mol. The highest BCUT2D eigenvalue weighted by atomic mass is 79.9. The van der Waals surface area contributed by atoms with Crippen LogP contribution >= 0.6 is 39.0 Å². The summed E-state index contributed by atoms with van der Waals surface area (Å²) >= 11 is 6.92. The third kappa shape index (κ3) is 1.92. The first-order chi connectivity index (χ1) is 5.86. The minimum absolute atomic E-state index is 0.871. The Labute approximate surface area is 87.7 Å². The maximum Gasteiger partial charge on any atom is 0.209 e. The zero-order chi connectivity index (χ0) is 8.39. The number of rotatable bonds is 1. The molecule has 0 aliphatic carbocycles. The third-order valence-electron chi connectivity index (χ3n) is 1.67. The summed E-state index contributed by atoms with van der Waals surface area (Å²) in [5.74, 6) is 2.41. The maximum absolute atomic E-state index is 4.08. The summed E-state index contributed by atoms with van der Waals surface area (Å²) in [5.41, 5.74) is 0. The monoisotopic (exact) mass is 265 g/mol. The van der Waals surface area contributed by atoms with E-state index in [1.54, 1.807) is 11.3 Å². The number of aromatic nitrogens is 2. The summed E-state index contributed by atoms with van der Waals surface area (Å²) in [4.78, 5) is 2.29. The highest BCUT2D eigenvalue weighted by Gasteiger charge is 2.14. The number of hydrogen-bond donors (Lipinski definition) is 0. The maximum atomic E-state index is 4.08. The molecule has 0 N–H and O–H groups in total. The summed E-state index contributed by atoms with van der Waals surface area (Å²) in [6.45, 7) is 2.21. The third-order valence-corrected chi connectivity index (χ3v) is 4.03. The van der Waals surface area contributed by atoms with Crippen molar-refractivity contribution in [1.82, 2.24) is 10.2 Å². The van der Waals surface area contributed by atoms with Gasteiger partial charge in [-0.1, -0.05) is 11.3 Å². The van der Waals surface area contributed by atoms with Crippen LogP contribution in [0.1, 0.15) is 0 Å². The molecular weight excluding hydrogens is 258 g/mol. The van der Waals surface area contributed by atoms with Crippen LogP contribution < -0.4 is 4.90 Å². The van der Waals surface area contributed by atoms with E-state index in [1.807, 2.05) is 11.8 Å². The molecule has 1 aromatic rings. The van der Waals surface area contributed by atoms with Crippen molar-refractivity contribution < 1.29 is 0 Å². The standard InChI is InChI=1S/C6H8BrN3S2/c7-5-8-9-6(12-5)10-1-3-11-4-2-10/h1-4H2. The molecule has 6 heteroatoms. The summed E-state index contributed by atoms with van der Waals surface area (Å²) in [6.07, 6.45) is 0. The molecule has 1 aliphatic heterocycles. The summed E-state index contributed by atoms with van der Waals surface area (Å²) < 4.78 is 0.871. The molecule has 0 spiro atoms. The number of halogens is 1. The summed E-state index contributed by atoms with van der Waals surface area (Å²) in [6, 6.07) is 0. The van der Waals surface area contributed by atoms with Gasteiger partial charge < -0.3 is 4.90 Å². The molecule has 2 rings (SSSR count). The molecule has 0 unspecified atom stereocenters. The molecule has 0 atom stereocenters. The van der Waals surface area contributed by atoms with Crippen LogP contribution in [0.15, 0.2) is 3.92 Å². The van der Waals surface area contributed by atoms with Crippen LogP contribution in [0.3, 0.4) is 0 Å². The van der Waals surface area contributed by atoms with Gasteiger partial charge in [0.1, 0.15) is 0 Å². The molecule has 3 nitrogen and oxygen atoms in total. The van der Waals surface area contributed by atoms with E-state index in [4.69, 9.17) is 0 Å². The van der Waals surface area contributed by atoms with Gasteiger partial charge in [0.2, 0.25) is 5.13 Å². The first-order valence-electron chi connectivity index (χ1n) is 3.68. The largest absolute Gasteiger partial charge is 0.345 e. The minimum Gasteiger partial charge on any atom is -0.345 e. The lowest BCUT2D eigenvalue weighted by Crippen LogP contribution is -2.32. The van der Waals surface area contributed by atoms with Crippen molar-refractivity contribution in [3.8, 4) is 0 Å². The van der Waals surface area contributed by atoms with Crippen LogP contribution in [0.2, 0.25) is 0 Å². The molecule has 1 saturated heterocycles. The second kappa shape index (κ2) is 3.93. The lowest BCUT2D eigenvalue weighted by atomic mass is 10.5. The van der Waals surface area contributed by atoms with Crippen LogP contribution in [0.4, 0.5) is 5.13 Å². The zero-order valence-electron chi connectivity index (χ0n) is 6.36. The van der Waals surface area contributed by atoms with Crippen molar-refractivity contribution in [2.45, 2.75) is 0 Å². The molecule has 0 amide bonds. The van der Waals surface area contributed by atoms with E-state index in [0.717, 1.165) is 22.1 Å². The number of nitrogens with zero attached hydrogens (tertiary/aromatic N) is 3. The molecule has 1 aromatic heterocycles. The van der Waals surface area contributed by atoms with Crippen molar-refractivity contribution in [1.29, 1.82) is 0 Å². The van der Waals surface area contributed by atoms with E-state index < -0.39 is 0 Å². The van der Waals surface area contributed by atoms with Crippen LogP contribution in [0, 0.1) is 0 Å². The molecule has 0 bridgehead atoms. The molecule has 0 aromatic carbocycles. The minimum atomic E-state index is 0.871. The average Bonchev–Trinajstić information content (AvgIpc) is 2.54. The SMILES string of the molecule is Brc1nnc(N2CCSCC2)s1. The van der Waals surface area contributed by atoms with Crippen molar-refractivity contribution >= 4 is 44.2 Å². The Balaban J connectivity index is 2.08. The molecule has 0 saturated carbocycles. The topological polar surface area (TPSA) is 29.0 Å². The predicted octanol–water partition coefficient (Wildman–Crippen LogP) is 1.85. The Morgan fingerprint density at radius 1 is 1.25 bits per heavy atom. The van der Waals surface area contributed by atoms with Crippen molar-refractivity contribution in [2.75, 3.05) is 29.5 Å². The Bertz CT molecular complexity index is 259. The quantitative estimate of drug-likeness (QED) is 0.775. The highest BCUT2D eigenvalue weighted by Crippen LogP contribution is 2.25. The number of thioether (sulfide) groups is 1. The van der Waals surface area contributed by atoms with Crippen LogP contribution in [0.5, 0.6) is 0 Å². The second-order valence-electron chi connectivity index (χ2n) is 2.44. The van der Waals surface area contributed by atoms with Crippen molar-refractivity contribution in [3.63, 3.8) is 0 Å². The highest BCUT2D eigenvalue weighted by molar-refractivity contribution is 9.11. The van der Waals surface area contributed by atoms with Gasteiger partial charge in [-0.05, 0) is 15.9 Å². The van der Waals surface area contributed by atoms with Crippen LogP contribution in [-0.4, -0.2) is 34.8 Å². The fraction of sp³-hybridized carbons (Fsp3) is 0.667. The van der Waals surface area contributed by atoms with Gasteiger partial charge in [0.25, 0.3) is 0 Å². The normalized spacial score (nSPS) is 18.2. The van der Waals surface area contributed by atoms with Gasteiger partial charge in [0.15, 0.2) is 3.92 Å². The lowest BCUT2D eigenvalue weighted by Gasteiger charge is -2.24. The fourth-order valence-electron chi connectivity index (χ4n) is 1.08. The zero-order valence-corrected chi connectivity index (χ0v) is 9.58.